The van der Waals surface area contributed by atoms with Crippen molar-refractivity contribution in [1.82, 2.24) is 0 Å². The van der Waals surface area contributed by atoms with Gasteiger partial charge in [-0.1, -0.05) is 0 Å². The molecule has 0 aliphatic heterocycles. The van der Waals surface area contributed by atoms with Crippen LogP contribution < -0.4 is 15.2 Å². The molecule has 0 saturated heterocycles. The first kappa shape index (κ1) is 15.2. The topological polar surface area (TPSA) is 125 Å². The quantitative estimate of drug-likeness (QED) is 0.616. The Balaban J connectivity index is 3.68. The second-order valence-corrected chi connectivity index (χ2v) is 4.22. The Labute approximate surface area is 116 Å². The molecule has 1 aromatic carbocycles. The van der Waals surface area contributed by atoms with Gasteiger partial charge in [0.1, 0.15) is 10.5 Å². The van der Waals surface area contributed by atoms with E-state index >= 15 is 0 Å². The van der Waals surface area contributed by atoms with Gasteiger partial charge in [0, 0.05) is 5.56 Å². The molecule has 0 aliphatic rings. The number of halogens is 1. The summed E-state index contributed by atoms with van der Waals surface area (Å²) in [5.74, 6) is -1.28. The Kier molecular flexibility index (Phi) is 4.67. The number of benzene rings is 1. The van der Waals surface area contributed by atoms with Crippen LogP contribution in [-0.4, -0.2) is 30.2 Å². The number of aliphatic carboxylic acids is 1. The van der Waals surface area contributed by atoms with E-state index in [1.54, 1.807) is 0 Å². The van der Waals surface area contributed by atoms with Crippen LogP contribution in [0.3, 0.4) is 0 Å². The summed E-state index contributed by atoms with van der Waals surface area (Å²) in [6.45, 7) is 0. The van der Waals surface area contributed by atoms with Crippen LogP contribution in [0.1, 0.15) is 11.6 Å². The monoisotopic (exact) mass is 334 g/mol. The van der Waals surface area contributed by atoms with Gasteiger partial charge in [-0.3, -0.25) is 14.9 Å². The summed E-state index contributed by atoms with van der Waals surface area (Å²) < 4.78 is 9.94. The molecule has 0 fully saturated rings. The van der Waals surface area contributed by atoms with Crippen LogP contribution in [0.4, 0.5) is 5.69 Å². The van der Waals surface area contributed by atoms with Crippen LogP contribution in [-0.2, 0) is 4.79 Å². The molecule has 0 bridgehead atoms. The van der Waals surface area contributed by atoms with Crippen molar-refractivity contribution in [2.45, 2.75) is 6.04 Å². The second kappa shape index (κ2) is 5.85. The van der Waals surface area contributed by atoms with Gasteiger partial charge in [-0.05, 0) is 15.9 Å². The predicted octanol–water partition coefficient (Wildman–Crippen LogP) is 1.46. The molecule has 9 heteroatoms. The summed E-state index contributed by atoms with van der Waals surface area (Å²) in [6.07, 6.45) is 0. The Hall–Kier alpha value is -1.87. The van der Waals surface area contributed by atoms with Crippen molar-refractivity contribution in [2.24, 2.45) is 5.73 Å². The largest absolute Gasteiger partial charge is 0.493 e. The van der Waals surface area contributed by atoms with E-state index in [1.165, 1.54) is 14.2 Å². The number of methoxy groups -OCH3 is 2. The molecule has 0 spiro atoms. The fraction of sp³-hybridized carbons (Fsp3) is 0.300. The second-order valence-electron chi connectivity index (χ2n) is 3.43. The van der Waals surface area contributed by atoms with Crippen molar-refractivity contribution in [3.8, 4) is 11.5 Å². The van der Waals surface area contributed by atoms with Gasteiger partial charge in [0.2, 0.25) is 0 Å². The van der Waals surface area contributed by atoms with Gasteiger partial charge in [0.25, 0.3) is 5.69 Å². The first-order valence-electron chi connectivity index (χ1n) is 4.92. The molecule has 0 saturated carbocycles. The van der Waals surface area contributed by atoms with Crippen molar-refractivity contribution in [3.63, 3.8) is 0 Å². The Morgan fingerprint density at radius 1 is 1.53 bits per heavy atom. The fourth-order valence-electron chi connectivity index (χ4n) is 1.52. The van der Waals surface area contributed by atoms with Crippen LogP contribution in [0.15, 0.2) is 10.5 Å². The van der Waals surface area contributed by atoms with Gasteiger partial charge < -0.3 is 20.3 Å². The van der Waals surface area contributed by atoms with Gasteiger partial charge in [0.15, 0.2) is 11.5 Å². The number of nitro benzene ring substituents is 1. The summed E-state index contributed by atoms with van der Waals surface area (Å²) in [4.78, 5) is 21.2. The standard InChI is InChI=1S/C10H11BrN2O6/c1-18-5-3-4(13(16)17)7(11)6(9(5)19-2)8(12)10(14)15/h3,8H,12H2,1-2H3,(H,14,15)/t8-/m0/s1. The van der Waals surface area contributed by atoms with Crippen molar-refractivity contribution in [1.29, 1.82) is 0 Å². The van der Waals surface area contributed by atoms with Gasteiger partial charge in [-0.15, -0.1) is 0 Å². The van der Waals surface area contributed by atoms with E-state index in [0.29, 0.717) is 0 Å². The van der Waals surface area contributed by atoms with Crippen LogP contribution in [0, 0.1) is 10.1 Å². The normalized spacial score (nSPS) is 11.8. The molecule has 0 aromatic heterocycles. The summed E-state index contributed by atoms with van der Waals surface area (Å²) in [5.41, 5.74) is 5.11. The Morgan fingerprint density at radius 2 is 2.11 bits per heavy atom. The first-order chi connectivity index (χ1) is 8.84. The third kappa shape index (κ3) is 2.76. The van der Waals surface area contributed by atoms with Crippen molar-refractivity contribution >= 4 is 27.6 Å². The number of hydrogen-bond acceptors (Lipinski definition) is 6. The smallest absolute Gasteiger partial charge is 0.325 e. The summed E-state index contributed by atoms with van der Waals surface area (Å²) in [5, 5.41) is 19.9. The molecule has 19 heavy (non-hydrogen) atoms. The maximum absolute atomic E-state index is 11.0. The van der Waals surface area contributed by atoms with E-state index in [9.17, 15) is 14.9 Å². The summed E-state index contributed by atoms with van der Waals surface area (Å²) in [6, 6.07) is -0.362. The zero-order chi connectivity index (χ0) is 14.7. The number of ether oxygens (including phenoxy) is 2. The third-order valence-electron chi connectivity index (χ3n) is 2.40. The molecule has 1 atom stereocenters. The number of carbonyl (C=O) groups is 1. The SMILES string of the molecule is COc1cc([N+](=O)[O-])c(Br)c([C@H](N)C(=O)O)c1OC. The molecule has 0 aliphatic carbocycles. The van der Waals surface area contributed by atoms with Gasteiger partial charge in [-0.25, -0.2) is 0 Å². The van der Waals surface area contributed by atoms with E-state index in [1.807, 2.05) is 0 Å². The number of rotatable bonds is 5. The predicted molar refractivity (Wildman–Crippen MR) is 68.5 cm³/mol. The number of nitrogens with two attached hydrogens (primary N) is 1. The highest BCUT2D eigenvalue weighted by atomic mass is 79.9. The van der Waals surface area contributed by atoms with Crippen LogP contribution >= 0.6 is 15.9 Å². The zero-order valence-electron chi connectivity index (χ0n) is 10.0. The Bertz CT molecular complexity index is 533. The Morgan fingerprint density at radius 3 is 2.47 bits per heavy atom. The van der Waals surface area contributed by atoms with Crippen LogP contribution in [0.25, 0.3) is 0 Å². The molecule has 1 aromatic rings. The fourth-order valence-corrected chi connectivity index (χ4v) is 2.21. The van der Waals surface area contributed by atoms with E-state index in [0.717, 1.165) is 6.07 Å². The first-order valence-corrected chi connectivity index (χ1v) is 5.71. The lowest BCUT2D eigenvalue weighted by Gasteiger charge is -2.17. The highest BCUT2D eigenvalue weighted by Gasteiger charge is 2.30. The minimum absolute atomic E-state index is 0.0316. The van der Waals surface area contributed by atoms with E-state index in [4.69, 9.17) is 20.3 Å². The van der Waals surface area contributed by atoms with E-state index in [-0.39, 0.29) is 27.2 Å². The molecular weight excluding hydrogens is 324 g/mol. The van der Waals surface area contributed by atoms with E-state index < -0.39 is 16.9 Å². The summed E-state index contributed by atoms with van der Waals surface area (Å²) >= 11 is 2.99. The number of carboxylic acids is 1. The molecule has 0 radical (unpaired) electrons. The van der Waals surface area contributed by atoms with Crippen molar-refractivity contribution in [3.05, 3.63) is 26.2 Å². The molecule has 3 N–H and O–H groups in total. The lowest BCUT2D eigenvalue weighted by atomic mass is 10.0. The lowest BCUT2D eigenvalue weighted by Crippen LogP contribution is -2.22. The number of nitro groups is 1. The number of hydrogen-bond donors (Lipinski definition) is 2. The molecule has 0 heterocycles. The molecule has 0 unspecified atom stereocenters. The number of nitrogens with zero attached hydrogens (tertiary/aromatic N) is 1. The van der Waals surface area contributed by atoms with Gasteiger partial charge >= 0.3 is 5.97 Å². The zero-order valence-corrected chi connectivity index (χ0v) is 11.6. The molecule has 1 rings (SSSR count). The highest BCUT2D eigenvalue weighted by Crippen LogP contribution is 2.44. The van der Waals surface area contributed by atoms with Crippen molar-refractivity contribution < 1.29 is 24.3 Å². The van der Waals surface area contributed by atoms with Crippen molar-refractivity contribution in [2.75, 3.05) is 14.2 Å². The van der Waals surface area contributed by atoms with Gasteiger partial charge in [-0.2, -0.15) is 0 Å². The van der Waals surface area contributed by atoms with Crippen LogP contribution in [0.5, 0.6) is 11.5 Å². The maximum atomic E-state index is 11.0. The maximum Gasteiger partial charge on any atom is 0.325 e. The minimum Gasteiger partial charge on any atom is -0.493 e. The average molecular weight is 335 g/mol. The third-order valence-corrected chi connectivity index (χ3v) is 3.23. The van der Waals surface area contributed by atoms with Crippen LogP contribution in [0.2, 0.25) is 0 Å². The molecular formula is C10H11BrN2O6. The molecule has 104 valence electrons. The molecule has 8 nitrogen and oxygen atoms in total. The van der Waals surface area contributed by atoms with Gasteiger partial charge in [0.05, 0.1) is 25.2 Å². The van der Waals surface area contributed by atoms with E-state index in [2.05, 4.69) is 15.9 Å². The minimum atomic E-state index is -1.49. The molecule has 0 amide bonds. The average Bonchev–Trinajstić information content (AvgIpc) is 2.36. The lowest BCUT2D eigenvalue weighted by molar-refractivity contribution is -0.385. The number of carboxylic acid groups (broad SMARTS) is 1. The summed E-state index contributed by atoms with van der Waals surface area (Å²) in [7, 11) is 2.57. The highest BCUT2D eigenvalue weighted by molar-refractivity contribution is 9.10.